The number of aryl methyl sites for hydroxylation is 1. The summed E-state index contributed by atoms with van der Waals surface area (Å²) in [5.41, 5.74) is -0.144. The van der Waals surface area contributed by atoms with Gasteiger partial charge in [-0.15, -0.1) is 0 Å². The van der Waals surface area contributed by atoms with E-state index in [0.29, 0.717) is 23.3 Å². The third-order valence-electron chi connectivity index (χ3n) is 4.11. The Morgan fingerprint density at radius 1 is 1.30 bits per heavy atom. The van der Waals surface area contributed by atoms with Gasteiger partial charge in [0.1, 0.15) is 22.9 Å². The molecule has 2 rings (SSSR count). The molecule has 0 aliphatic heterocycles. The van der Waals surface area contributed by atoms with E-state index in [9.17, 15) is 5.11 Å². The van der Waals surface area contributed by atoms with Crippen molar-refractivity contribution in [2.24, 2.45) is 4.99 Å². The van der Waals surface area contributed by atoms with E-state index in [-0.39, 0.29) is 6.54 Å². The van der Waals surface area contributed by atoms with Crippen molar-refractivity contribution in [1.29, 1.82) is 0 Å². The summed E-state index contributed by atoms with van der Waals surface area (Å²) in [5, 5.41) is 17.7. The van der Waals surface area contributed by atoms with E-state index in [0.717, 1.165) is 30.0 Å². The first-order valence-electron chi connectivity index (χ1n) is 8.99. The average molecular weight is 394 g/mol. The monoisotopic (exact) mass is 393 g/mol. The first-order chi connectivity index (χ1) is 12.9. The maximum atomic E-state index is 10.6. The highest BCUT2D eigenvalue weighted by Gasteiger charge is 2.26. The van der Waals surface area contributed by atoms with Crippen molar-refractivity contribution >= 4 is 17.6 Å². The summed E-state index contributed by atoms with van der Waals surface area (Å²) in [6.45, 7) is 7.08. The van der Waals surface area contributed by atoms with E-state index >= 15 is 0 Å². The van der Waals surface area contributed by atoms with Crippen LogP contribution in [0.25, 0.3) is 0 Å². The number of halogens is 1. The molecule has 0 saturated carbocycles. The molecular weight excluding hydrogens is 366 g/mol. The largest absolute Gasteiger partial charge is 0.497 e. The minimum atomic E-state index is -1.17. The lowest BCUT2D eigenvalue weighted by molar-refractivity contribution is 0.0428. The Hall–Kier alpha value is -2.18. The number of hydrogen-bond donors (Lipinski definition) is 3. The molecule has 1 aromatic heterocycles. The smallest absolute Gasteiger partial charge is 0.191 e. The van der Waals surface area contributed by atoms with Crippen molar-refractivity contribution in [3.8, 4) is 5.75 Å². The van der Waals surface area contributed by atoms with Crippen molar-refractivity contribution < 1.29 is 14.3 Å². The van der Waals surface area contributed by atoms with E-state index in [1.807, 2.05) is 32.0 Å². The van der Waals surface area contributed by atoms with Gasteiger partial charge >= 0.3 is 0 Å². The van der Waals surface area contributed by atoms with Crippen LogP contribution < -0.4 is 15.4 Å². The molecule has 0 spiro atoms. The van der Waals surface area contributed by atoms with Crippen LogP contribution in [0.1, 0.15) is 30.9 Å². The highest BCUT2D eigenvalue weighted by atomic mass is 35.5. The first-order valence-corrected chi connectivity index (χ1v) is 9.37. The summed E-state index contributed by atoms with van der Waals surface area (Å²) in [6.07, 6.45) is 0.737. The van der Waals surface area contributed by atoms with Gasteiger partial charge in [-0.25, -0.2) is 4.99 Å². The van der Waals surface area contributed by atoms with Crippen LogP contribution in [0.3, 0.4) is 0 Å². The standard InChI is InChI=1S/C20H28ClN3O3/c1-5-22-19(24-13-20(3,25)18-9-6-14(2)27-18)23-11-10-15-7-8-16(26-4)12-17(15)21/h6-9,12,25H,5,10-11,13H2,1-4H3,(H2,22,23,24). The Bertz CT molecular complexity index is 772. The van der Waals surface area contributed by atoms with E-state index in [2.05, 4.69) is 15.6 Å². The Kier molecular flexibility index (Phi) is 7.56. The number of nitrogens with zero attached hydrogens (tertiary/aromatic N) is 1. The zero-order valence-electron chi connectivity index (χ0n) is 16.3. The third kappa shape index (κ3) is 6.19. The van der Waals surface area contributed by atoms with Crippen LogP contribution in [0.4, 0.5) is 0 Å². The summed E-state index contributed by atoms with van der Waals surface area (Å²) >= 11 is 6.28. The molecule has 0 bridgehead atoms. The van der Waals surface area contributed by atoms with Crippen molar-refractivity contribution in [1.82, 2.24) is 10.6 Å². The average Bonchev–Trinajstić information content (AvgIpc) is 3.08. The van der Waals surface area contributed by atoms with Gasteiger partial charge in [-0.1, -0.05) is 17.7 Å². The van der Waals surface area contributed by atoms with Gasteiger partial charge in [-0.2, -0.15) is 0 Å². The molecule has 0 aliphatic carbocycles. The summed E-state index contributed by atoms with van der Waals surface area (Å²) in [6, 6.07) is 9.26. The van der Waals surface area contributed by atoms with Crippen LogP contribution >= 0.6 is 11.6 Å². The normalized spacial score (nSPS) is 13.9. The number of aliphatic imine (C=N–C) groups is 1. The van der Waals surface area contributed by atoms with Crippen molar-refractivity contribution in [2.75, 3.05) is 26.7 Å². The molecule has 0 radical (unpaired) electrons. The number of hydrogen-bond acceptors (Lipinski definition) is 4. The number of furan rings is 1. The van der Waals surface area contributed by atoms with E-state index in [1.54, 1.807) is 26.2 Å². The molecule has 0 fully saturated rings. The van der Waals surface area contributed by atoms with E-state index in [1.165, 1.54) is 0 Å². The maximum absolute atomic E-state index is 10.6. The molecule has 1 aromatic carbocycles. The fourth-order valence-electron chi connectivity index (χ4n) is 2.55. The zero-order valence-corrected chi connectivity index (χ0v) is 17.1. The second-order valence-corrected chi connectivity index (χ2v) is 6.92. The Balaban J connectivity index is 1.95. The van der Waals surface area contributed by atoms with Crippen LogP contribution in [0.5, 0.6) is 5.75 Å². The number of benzene rings is 1. The molecule has 6 nitrogen and oxygen atoms in total. The predicted molar refractivity (Wildman–Crippen MR) is 109 cm³/mol. The molecule has 0 amide bonds. The lowest BCUT2D eigenvalue weighted by atomic mass is 10.0. The molecule has 1 heterocycles. The number of ether oxygens (including phenoxy) is 1. The number of nitrogens with one attached hydrogen (secondary N) is 2. The number of methoxy groups -OCH3 is 1. The molecule has 148 valence electrons. The van der Waals surface area contributed by atoms with Gasteiger partial charge in [0.15, 0.2) is 5.96 Å². The second-order valence-electron chi connectivity index (χ2n) is 6.51. The van der Waals surface area contributed by atoms with Gasteiger partial charge in [0.25, 0.3) is 0 Å². The van der Waals surface area contributed by atoms with E-state index in [4.69, 9.17) is 20.8 Å². The molecule has 1 unspecified atom stereocenters. The van der Waals surface area contributed by atoms with Crippen LogP contribution in [0, 0.1) is 6.92 Å². The molecular formula is C20H28ClN3O3. The highest BCUT2D eigenvalue weighted by Crippen LogP contribution is 2.23. The Labute approximate surface area is 165 Å². The topological polar surface area (TPSA) is 79.0 Å². The van der Waals surface area contributed by atoms with Crippen molar-refractivity contribution in [3.05, 3.63) is 52.4 Å². The lowest BCUT2D eigenvalue weighted by Gasteiger charge is -2.19. The predicted octanol–water partition coefficient (Wildman–Crippen LogP) is 3.26. The van der Waals surface area contributed by atoms with Crippen LogP contribution in [-0.2, 0) is 12.0 Å². The first kappa shape index (κ1) is 21.1. The molecule has 2 aromatic rings. The molecule has 0 aliphatic rings. The molecule has 3 N–H and O–H groups in total. The van der Waals surface area contributed by atoms with Gasteiger partial charge in [-0.05, 0) is 57.0 Å². The van der Waals surface area contributed by atoms with Gasteiger partial charge in [-0.3, -0.25) is 0 Å². The molecule has 27 heavy (non-hydrogen) atoms. The minimum Gasteiger partial charge on any atom is -0.497 e. The lowest BCUT2D eigenvalue weighted by Crippen LogP contribution is -2.39. The summed E-state index contributed by atoms with van der Waals surface area (Å²) < 4.78 is 10.7. The highest BCUT2D eigenvalue weighted by molar-refractivity contribution is 6.31. The molecule has 0 saturated heterocycles. The summed E-state index contributed by atoms with van der Waals surface area (Å²) in [5.74, 6) is 2.63. The third-order valence-corrected chi connectivity index (χ3v) is 4.46. The number of guanidine groups is 1. The van der Waals surface area contributed by atoms with Crippen LogP contribution in [0.15, 0.2) is 39.7 Å². The number of aliphatic hydroxyl groups is 1. The zero-order chi connectivity index (χ0) is 19.9. The van der Waals surface area contributed by atoms with Crippen molar-refractivity contribution in [3.63, 3.8) is 0 Å². The molecule has 1 atom stereocenters. The van der Waals surface area contributed by atoms with Gasteiger partial charge in [0.2, 0.25) is 0 Å². The summed E-state index contributed by atoms with van der Waals surface area (Å²) in [7, 11) is 1.62. The molecule has 7 heteroatoms. The maximum Gasteiger partial charge on any atom is 0.191 e. The number of rotatable bonds is 8. The fourth-order valence-corrected chi connectivity index (χ4v) is 2.82. The van der Waals surface area contributed by atoms with Crippen molar-refractivity contribution in [2.45, 2.75) is 32.8 Å². The van der Waals surface area contributed by atoms with E-state index < -0.39 is 5.60 Å². The van der Waals surface area contributed by atoms with Gasteiger partial charge in [0.05, 0.1) is 13.7 Å². The Morgan fingerprint density at radius 3 is 2.67 bits per heavy atom. The van der Waals surface area contributed by atoms with Gasteiger partial charge in [0, 0.05) is 18.1 Å². The van der Waals surface area contributed by atoms with Gasteiger partial charge < -0.3 is 24.9 Å². The van der Waals surface area contributed by atoms with Crippen LogP contribution in [-0.4, -0.2) is 37.8 Å². The fraction of sp³-hybridized carbons (Fsp3) is 0.450. The van der Waals surface area contributed by atoms with Crippen LogP contribution in [0.2, 0.25) is 5.02 Å². The Morgan fingerprint density at radius 2 is 2.07 bits per heavy atom. The quantitative estimate of drug-likeness (QED) is 0.474. The SMILES string of the molecule is CCNC(=NCC(C)(O)c1ccc(C)o1)NCCc1ccc(OC)cc1Cl. The second kappa shape index (κ2) is 9.67. The summed E-state index contributed by atoms with van der Waals surface area (Å²) in [4.78, 5) is 4.48. The minimum absolute atomic E-state index is 0.179.